The molecule has 1 aromatic rings. The van der Waals surface area contributed by atoms with Crippen LogP contribution in [0.25, 0.3) is 0 Å². The summed E-state index contributed by atoms with van der Waals surface area (Å²) in [5.41, 5.74) is -1.14. The fraction of sp³-hybridized carbons (Fsp3) is 0.222. The number of rotatable bonds is 3. The van der Waals surface area contributed by atoms with Crippen molar-refractivity contribution in [3.05, 3.63) is 29.8 Å². The zero-order chi connectivity index (χ0) is 13.3. The molecule has 0 bridgehead atoms. The van der Waals surface area contributed by atoms with Gasteiger partial charge in [0.2, 0.25) is 0 Å². The van der Waals surface area contributed by atoms with Crippen LogP contribution in [0.3, 0.4) is 0 Å². The third-order valence-electron chi connectivity index (χ3n) is 1.83. The van der Waals surface area contributed by atoms with Gasteiger partial charge in [-0.3, -0.25) is 4.79 Å². The topological polar surface area (TPSA) is 71.4 Å². The predicted molar refractivity (Wildman–Crippen MR) is 51.1 cm³/mol. The minimum atomic E-state index is -4.67. The number of carboxylic acid groups (broad SMARTS) is 1. The van der Waals surface area contributed by atoms with E-state index < -0.39 is 38.2 Å². The lowest BCUT2D eigenvalue weighted by Crippen LogP contribution is -2.16. The maximum absolute atomic E-state index is 12.3. The van der Waals surface area contributed by atoms with E-state index >= 15 is 0 Å². The van der Waals surface area contributed by atoms with Crippen molar-refractivity contribution in [2.75, 3.05) is 5.75 Å². The van der Waals surface area contributed by atoms with Gasteiger partial charge in [0.1, 0.15) is 0 Å². The maximum atomic E-state index is 12.3. The van der Waals surface area contributed by atoms with E-state index in [9.17, 15) is 26.4 Å². The first kappa shape index (κ1) is 13.5. The molecule has 94 valence electrons. The van der Waals surface area contributed by atoms with Crippen LogP contribution in [-0.4, -0.2) is 25.2 Å². The summed E-state index contributed by atoms with van der Waals surface area (Å²) in [5.74, 6) is -2.86. The molecule has 1 N–H and O–H groups in total. The number of hydrogen-bond donors (Lipinski definition) is 1. The van der Waals surface area contributed by atoms with Crippen molar-refractivity contribution in [1.29, 1.82) is 0 Å². The Hall–Kier alpha value is -1.57. The summed E-state index contributed by atoms with van der Waals surface area (Å²) in [6, 6.07) is 2.96. The first-order valence-electron chi connectivity index (χ1n) is 4.25. The molecular formula is C9H7F3O4S. The lowest BCUT2D eigenvalue weighted by molar-refractivity contribution is -0.137. The molecule has 0 aliphatic carbocycles. The first-order valence-corrected chi connectivity index (χ1v) is 5.90. The van der Waals surface area contributed by atoms with E-state index in [2.05, 4.69) is 0 Å². The van der Waals surface area contributed by atoms with Crippen LogP contribution in [0.5, 0.6) is 0 Å². The number of benzene rings is 1. The van der Waals surface area contributed by atoms with Gasteiger partial charge in [-0.25, -0.2) is 8.42 Å². The zero-order valence-electron chi connectivity index (χ0n) is 8.23. The van der Waals surface area contributed by atoms with Crippen molar-refractivity contribution in [2.45, 2.75) is 11.1 Å². The highest BCUT2D eigenvalue weighted by Gasteiger charge is 2.31. The molecule has 17 heavy (non-hydrogen) atoms. The Bertz CT molecular complexity index is 533. The van der Waals surface area contributed by atoms with Gasteiger partial charge < -0.3 is 5.11 Å². The van der Waals surface area contributed by atoms with Crippen LogP contribution in [-0.2, 0) is 20.8 Å². The molecular weight excluding hydrogens is 261 g/mol. The van der Waals surface area contributed by atoms with Crippen LogP contribution in [0.4, 0.5) is 13.2 Å². The Morgan fingerprint density at radius 2 is 1.88 bits per heavy atom. The summed E-state index contributed by atoms with van der Waals surface area (Å²) in [4.78, 5) is 9.61. The van der Waals surface area contributed by atoms with Crippen molar-refractivity contribution in [3.63, 3.8) is 0 Å². The van der Waals surface area contributed by atoms with E-state index in [1.54, 1.807) is 0 Å². The average molecular weight is 268 g/mol. The molecule has 1 aromatic carbocycles. The van der Waals surface area contributed by atoms with Crippen molar-refractivity contribution >= 4 is 15.8 Å². The molecule has 0 amide bonds. The standard InChI is InChI=1S/C9H7F3O4S/c10-9(11,12)6-2-1-3-7(4-6)17(15,16)5-8(13)14/h1-4H,5H2,(H,13,14). The van der Waals surface area contributed by atoms with Crippen molar-refractivity contribution in [2.24, 2.45) is 0 Å². The molecule has 0 saturated carbocycles. The molecule has 0 heterocycles. The Labute approximate surface area is 94.6 Å². The zero-order valence-corrected chi connectivity index (χ0v) is 9.05. The number of alkyl halides is 3. The van der Waals surface area contributed by atoms with Gasteiger partial charge in [-0.1, -0.05) is 6.07 Å². The van der Waals surface area contributed by atoms with E-state index in [0.29, 0.717) is 12.1 Å². The smallest absolute Gasteiger partial charge is 0.416 e. The summed E-state index contributed by atoms with van der Waals surface area (Å²) in [6.07, 6.45) is -4.67. The van der Waals surface area contributed by atoms with Crippen LogP contribution >= 0.6 is 0 Å². The van der Waals surface area contributed by atoms with Gasteiger partial charge >= 0.3 is 12.1 Å². The van der Waals surface area contributed by atoms with Gasteiger partial charge in [-0.05, 0) is 18.2 Å². The van der Waals surface area contributed by atoms with E-state index in [4.69, 9.17) is 5.11 Å². The number of carbonyl (C=O) groups is 1. The van der Waals surface area contributed by atoms with E-state index in [-0.39, 0.29) is 0 Å². The molecule has 8 heteroatoms. The molecule has 0 unspecified atom stereocenters. The quantitative estimate of drug-likeness (QED) is 0.903. The van der Waals surface area contributed by atoms with Gasteiger partial charge in [0.15, 0.2) is 15.6 Å². The third-order valence-corrected chi connectivity index (χ3v) is 3.43. The normalized spacial score (nSPS) is 12.4. The minimum Gasteiger partial charge on any atom is -0.480 e. The number of hydrogen-bond acceptors (Lipinski definition) is 3. The molecule has 0 spiro atoms. The minimum absolute atomic E-state index is 0.415. The Kier molecular flexibility index (Phi) is 3.46. The van der Waals surface area contributed by atoms with E-state index in [1.807, 2.05) is 0 Å². The third kappa shape index (κ3) is 3.45. The Balaban J connectivity index is 3.21. The Morgan fingerprint density at radius 3 is 2.35 bits per heavy atom. The molecule has 4 nitrogen and oxygen atoms in total. The fourth-order valence-corrected chi connectivity index (χ4v) is 2.20. The summed E-state index contributed by atoms with van der Waals surface area (Å²) < 4.78 is 59.7. The number of halogens is 3. The van der Waals surface area contributed by atoms with Gasteiger partial charge in [0, 0.05) is 0 Å². The van der Waals surface area contributed by atoms with Gasteiger partial charge in [0.05, 0.1) is 10.5 Å². The summed E-state index contributed by atoms with van der Waals surface area (Å²) in [6.45, 7) is 0. The molecule has 1 rings (SSSR count). The lowest BCUT2D eigenvalue weighted by Gasteiger charge is -2.08. The summed E-state index contributed by atoms with van der Waals surface area (Å²) in [7, 11) is -4.24. The average Bonchev–Trinajstić information content (AvgIpc) is 2.14. The van der Waals surface area contributed by atoms with E-state index in [0.717, 1.165) is 12.1 Å². The highest BCUT2D eigenvalue weighted by atomic mass is 32.2. The van der Waals surface area contributed by atoms with Crippen LogP contribution < -0.4 is 0 Å². The second kappa shape index (κ2) is 4.36. The maximum Gasteiger partial charge on any atom is 0.416 e. The lowest BCUT2D eigenvalue weighted by atomic mass is 10.2. The van der Waals surface area contributed by atoms with Gasteiger partial charge in [-0.15, -0.1) is 0 Å². The Morgan fingerprint density at radius 1 is 1.29 bits per heavy atom. The molecule has 0 atom stereocenters. The van der Waals surface area contributed by atoms with Gasteiger partial charge in [0.25, 0.3) is 0 Å². The largest absolute Gasteiger partial charge is 0.480 e. The van der Waals surface area contributed by atoms with Gasteiger partial charge in [-0.2, -0.15) is 13.2 Å². The molecule has 0 radical (unpaired) electrons. The highest BCUT2D eigenvalue weighted by Crippen LogP contribution is 2.30. The second-order valence-corrected chi connectivity index (χ2v) is 5.17. The summed E-state index contributed by atoms with van der Waals surface area (Å²) >= 11 is 0. The monoisotopic (exact) mass is 268 g/mol. The predicted octanol–water partition coefficient (Wildman–Crippen LogP) is 1.56. The number of carboxylic acids is 1. The number of aliphatic carboxylic acids is 1. The molecule has 0 aliphatic heterocycles. The first-order chi connectivity index (χ1) is 7.63. The molecule has 0 aromatic heterocycles. The highest BCUT2D eigenvalue weighted by molar-refractivity contribution is 7.92. The number of sulfone groups is 1. The van der Waals surface area contributed by atoms with Crippen molar-refractivity contribution in [3.8, 4) is 0 Å². The SMILES string of the molecule is O=C(O)CS(=O)(=O)c1cccc(C(F)(F)F)c1. The van der Waals surface area contributed by atoms with Crippen molar-refractivity contribution in [1.82, 2.24) is 0 Å². The van der Waals surface area contributed by atoms with Crippen LogP contribution in [0.1, 0.15) is 5.56 Å². The van der Waals surface area contributed by atoms with Crippen LogP contribution in [0.15, 0.2) is 29.2 Å². The van der Waals surface area contributed by atoms with E-state index in [1.165, 1.54) is 0 Å². The van der Waals surface area contributed by atoms with Crippen LogP contribution in [0, 0.1) is 0 Å². The molecule has 0 saturated heterocycles. The molecule has 0 aliphatic rings. The fourth-order valence-electron chi connectivity index (χ4n) is 1.11. The summed E-state index contributed by atoms with van der Waals surface area (Å²) in [5, 5.41) is 8.34. The van der Waals surface area contributed by atoms with Crippen molar-refractivity contribution < 1.29 is 31.5 Å². The second-order valence-electron chi connectivity index (χ2n) is 3.18. The van der Waals surface area contributed by atoms with Crippen LogP contribution in [0.2, 0.25) is 0 Å². The molecule has 0 fully saturated rings.